The first kappa shape index (κ1) is 14.9. The summed E-state index contributed by atoms with van der Waals surface area (Å²) < 4.78 is 31.4. The minimum absolute atomic E-state index is 0.234. The predicted octanol–water partition coefficient (Wildman–Crippen LogP) is 0.427. The van der Waals surface area contributed by atoms with Crippen LogP contribution >= 0.6 is 0 Å². The molecule has 5 nitrogen and oxygen atoms in total. The summed E-state index contributed by atoms with van der Waals surface area (Å²) in [5.41, 5.74) is -0.417. The molecule has 1 N–H and O–H groups in total. The monoisotopic (exact) mass is 264 g/mol. The van der Waals surface area contributed by atoms with Gasteiger partial charge in [0.15, 0.2) is 0 Å². The van der Waals surface area contributed by atoms with Crippen LogP contribution in [0.4, 0.5) is 0 Å². The average Bonchev–Trinajstić information content (AvgIpc) is 2.23. The molecule has 1 rings (SSSR count). The molecule has 0 unspecified atom stereocenters. The lowest BCUT2D eigenvalue weighted by Crippen LogP contribution is -2.55. The molecule has 6 heteroatoms. The Kier molecular flexibility index (Phi) is 5.37. The summed E-state index contributed by atoms with van der Waals surface area (Å²) in [5, 5.41) is 3.02. The minimum Gasteiger partial charge on any atom is -0.378 e. The summed E-state index contributed by atoms with van der Waals surface area (Å²) in [6, 6.07) is 0. The van der Waals surface area contributed by atoms with Gasteiger partial charge in [0, 0.05) is 6.54 Å². The van der Waals surface area contributed by atoms with Crippen LogP contribution in [0.15, 0.2) is 0 Å². The van der Waals surface area contributed by atoms with Crippen molar-refractivity contribution in [1.82, 2.24) is 9.62 Å². The van der Waals surface area contributed by atoms with Crippen LogP contribution in [0.1, 0.15) is 26.7 Å². The van der Waals surface area contributed by atoms with E-state index in [0.29, 0.717) is 26.2 Å². The van der Waals surface area contributed by atoms with Gasteiger partial charge < -0.3 is 10.1 Å². The summed E-state index contributed by atoms with van der Waals surface area (Å²) in [4.78, 5) is 0. The second kappa shape index (κ2) is 6.13. The van der Waals surface area contributed by atoms with Gasteiger partial charge in [-0.1, -0.05) is 0 Å². The highest BCUT2D eigenvalue weighted by Gasteiger charge is 2.38. The highest BCUT2D eigenvalue weighted by Crippen LogP contribution is 2.23. The largest absolute Gasteiger partial charge is 0.378 e. The summed E-state index contributed by atoms with van der Waals surface area (Å²) in [6.07, 6.45) is 1.59. The molecule has 0 bridgehead atoms. The Bertz CT molecular complexity index is 328. The third kappa shape index (κ3) is 4.21. The molecular formula is C11H24N2O3S. The van der Waals surface area contributed by atoms with Crippen LogP contribution in [0.25, 0.3) is 0 Å². The normalized spacial score (nSPS) is 21.6. The van der Waals surface area contributed by atoms with E-state index in [1.165, 1.54) is 0 Å². The standard InChI is InChI=1S/C11H24N2O3S/c1-11(2)10-16-8-7-13(11)17(14,15)9-5-4-6-12-3/h12H,4-10H2,1-3H3. The average molecular weight is 264 g/mol. The topological polar surface area (TPSA) is 58.6 Å². The maximum absolute atomic E-state index is 12.2. The molecule has 0 aliphatic carbocycles. The molecule has 0 aromatic carbocycles. The van der Waals surface area contributed by atoms with Gasteiger partial charge in [-0.3, -0.25) is 0 Å². The Morgan fingerprint density at radius 2 is 2.06 bits per heavy atom. The number of rotatable bonds is 6. The van der Waals surface area contributed by atoms with Gasteiger partial charge in [0.1, 0.15) is 0 Å². The molecule has 0 saturated carbocycles. The molecule has 1 heterocycles. The van der Waals surface area contributed by atoms with E-state index in [9.17, 15) is 8.42 Å². The molecule has 1 saturated heterocycles. The van der Waals surface area contributed by atoms with Crippen LogP contribution in [-0.2, 0) is 14.8 Å². The summed E-state index contributed by atoms with van der Waals surface area (Å²) in [7, 11) is -1.27. The zero-order valence-electron chi connectivity index (χ0n) is 11.0. The van der Waals surface area contributed by atoms with Crippen LogP contribution < -0.4 is 5.32 Å². The van der Waals surface area contributed by atoms with Gasteiger partial charge in [-0.15, -0.1) is 0 Å². The van der Waals surface area contributed by atoms with E-state index in [1.807, 2.05) is 20.9 Å². The molecule has 0 spiro atoms. The molecule has 0 aromatic rings. The first-order valence-corrected chi connectivity index (χ1v) is 7.74. The van der Waals surface area contributed by atoms with Gasteiger partial charge in [-0.05, 0) is 40.3 Å². The highest BCUT2D eigenvalue weighted by atomic mass is 32.2. The van der Waals surface area contributed by atoms with Crippen molar-refractivity contribution in [3.8, 4) is 0 Å². The third-order valence-electron chi connectivity index (χ3n) is 2.98. The van der Waals surface area contributed by atoms with Gasteiger partial charge in [-0.2, -0.15) is 4.31 Å². The van der Waals surface area contributed by atoms with Gasteiger partial charge in [0.2, 0.25) is 10.0 Å². The Balaban J connectivity index is 2.56. The lowest BCUT2D eigenvalue weighted by atomic mass is 10.1. The molecular weight excluding hydrogens is 240 g/mol. The summed E-state index contributed by atoms with van der Waals surface area (Å²) in [5.74, 6) is 0.234. The van der Waals surface area contributed by atoms with E-state index < -0.39 is 15.6 Å². The van der Waals surface area contributed by atoms with Crippen LogP contribution in [0.5, 0.6) is 0 Å². The molecule has 1 aliphatic rings. The molecule has 1 aliphatic heterocycles. The number of morpholine rings is 1. The Hall–Kier alpha value is -0.170. The number of nitrogens with one attached hydrogen (secondary N) is 1. The minimum atomic E-state index is -3.15. The van der Waals surface area contributed by atoms with Crippen LogP contribution in [0, 0.1) is 0 Å². The van der Waals surface area contributed by atoms with Crippen LogP contribution in [-0.4, -0.2) is 57.4 Å². The first-order chi connectivity index (χ1) is 7.90. The van der Waals surface area contributed by atoms with E-state index in [0.717, 1.165) is 13.0 Å². The number of ether oxygens (including phenoxy) is 1. The fraction of sp³-hybridized carbons (Fsp3) is 1.00. The fourth-order valence-electron chi connectivity index (χ4n) is 2.06. The molecule has 1 fully saturated rings. The van der Waals surface area contributed by atoms with E-state index in [2.05, 4.69) is 5.32 Å². The number of hydrogen-bond acceptors (Lipinski definition) is 4. The van der Waals surface area contributed by atoms with Gasteiger partial charge >= 0.3 is 0 Å². The Morgan fingerprint density at radius 3 is 2.65 bits per heavy atom. The lowest BCUT2D eigenvalue weighted by Gasteiger charge is -2.40. The smallest absolute Gasteiger partial charge is 0.214 e. The quantitative estimate of drug-likeness (QED) is 0.707. The molecule has 0 amide bonds. The SMILES string of the molecule is CNCCCCS(=O)(=O)N1CCOCC1(C)C. The van der Waals surface area contributed by atoms with Crippen molar-refractivity contribution in [2.75, 3.05) is 39.1 Å². The third-order valence-corrected chi connectivity index (χ3v) is 5.14. The van der Waals surface area contributed by atoms with Crippen molar-refractivity contribution in [2.24, 2.45) is 0 Å². The Labute approximate surface area is 105 Å². The predicted molar refractivity (Wildman–Crippen MR) is 68.6 cm³/mol. The molecule has 0 radical (unpaired) electrons. The van der Waals surface area contributed by atoms with E-state index >= 15 is 0 Å². The second-order valence-corrected chi connectivity index (χ2v) is 7.08. The Morgan fingerprint density at radius 1 is 1.35 bits per heavy atom. The van der Waals surface area contributed by atoms with E-state index in [-0.39, 0.29) is 5.75 Å². The maximum atomic E-state index is 12.2. The highest BCUT2D eigenvalue weighted by molar-refractivity contribution is 7.89. The summed E-state index contributed by atoms with van der Waals surface area (Å²) in [6.45, 7) is 6.14. The van der Waals surface area contributed by atoms with Gasteiger partial charge in [0.05, 0.1) is 24.5 Å². The summed E-state index contributed by atoms with van der Waals surface area (Å²) >= 11 is 0. The fourth-order valence-corrected chi connectivity index (χ4v) is 4.00. The molecule has 0 atom stereocenters. The van der Waals surface area contributed by atoms with Gasteiger partial charge in [0.25, 0.3) is 0 Å². The molecule has 17 heavy (non-hydrogen) atoms. The van der Waals surface area contributed by atoms with Crippen molar-refractivity contribution < 1.29 is 13.2 Å². The zero-order valence-corrected chi connectivity index (χ0v) is 11.8. The van der Waals surface area contributed by atoms with Crippen molar-refractivity contribution >= 4 is 10.0 Å². The number of hydrogen-bond donors (Lipinski definition) is 1. The maximum Gasteiger partial charge on any atom is 0.214 e. The number of unbranched alkanes of at least 4 members (excludes halogenated alkanes) is 1. The van der Waals surface area contributed by atoms with E-state index in [4.69, 9.17) is 4.74 Å². The van der Waals surface area contributed by atoms with Crippen molar-refractivity contribution in [1.29, 1.82) is 0 Å². The second-order valence-electron chi connectivity index (χ2n) is 5.06. The molecule has 102 valence electrons. The number of nitrogens with zero attached hydrogens (tertiary/aromatic N) is 1. The van der Waals surface area contributed by atoms with Crippen molar-refractivity contribution in [3.63, 3.8) is 0 Å². The van der Waals surface area contributed by atoms with Crippen LogP contribution in [0.2, 0.25) is 0 Å². The molecule has 0 aromatic heterocycles. The number of sulfonamides is 1. The van der Waals surface area contributed by atoms with Gasteiger partial charge in [-0.25, -0.2) is 8.42 Å². The van der Waals surface area contributed by atoms with Crippen LogP contribution in [0.3, 0.4) is 0 Å². The first-order valence-electron chi connectivity index (χ1n) is 6.13. The zero-order chi connectivity index (χ0) is 12.9. The van der Waals surface area contributed by atoms with E-state index in [1.54, 1.807) is 4.31 Å². The van der Waals surface area contributed by atoms with Crippen molar-refractivity contribution in [2.45, 2.75) is 32.2 Å². The lowest BCUT2D eigenvalue weighted by molar-refractivity contribution is -0.00769. The van der Waals surface area contributed by atoms with Crippen molar-refractivity contribution in [3.05, 3.63) is 0 Å².